The first-order valence-corrected chi connectivity index (χ1v) is 9.42. The first kappa shape index (κ1) is 14.2. The second-order valence-electron chi connectivity index (χ2n) is 8.25. The summed E-state index contributed by atoms with van der Waals surface area (Å²) >= 11 is 3.93. The molecule has 0 bridgehead atoms. The quantitative estimate of drug-likeness (QED) is 0.441. The number of ketones is 1. The summed E-state index contributed by atoms with van der Waals surface area (Å²) in [6.45, 7) is 4.92. The zero-order chi connectivity index (χ0) is 14.8. The molecule has 2 fully saturated rings. The van der Waals surface area contributed by atoms with Crippen molar-refractivity contribution in [1.82, 2.24) is 0 Å². The zero-order valence-corrected chi connectivity index (χ0v) is 14.7. The van der Waals surface area contributed by atoms with Gasteiger partial charge in [0.1, 0.15) is 0 Å². The average molecular weight is 349 g/mol. The minimum atomic E-state index is 0.259. The van der Waals surface area contributed by atoms with E-state index >= 15 is 0 Å². The highest BCUT2D eigenvalue weighted by Crippen LogP contribution is 2.64. The van der Waals surface area contributed by atoms with Crippen LogP contribution in [0.1, 0.15) is 52.4 Å². The van der Waals surface area contributed by atoms with Crippen molar-refractivity contribution in [2.75, 3.05) is 0 Å². The van der Waals surface area contributed by atoms with Crippen LogP contribution in [0.5, 0.6) is 0 Å². The lowest BCUT2D eigenvalue weighted by atomic mass is 9.47. The number of carbonyl (C=O) groups is 1. The maximum absolute atomic E-state index is 11.9. The monoisotopic (exact) mass is 348 g/mol. The highest BCUT2D eigenvalue weighted by molar-refractivity contribution is 9.09. The molecule has 0 aromatic rings. The standard InChI is InChI=1S/C19H25BrO/c1-18-7-3-4-14(18)13-11-17(20)16-10-12(21)5-9-19(16,2)15(13)6-8-18/h3,7,10,13-15,17H,4-6,8-9,11H2,1-2H3. The van der Waals surface area contributed by atoms with Crippen LogP contribution in [0.15, 0.2) is 23.8 Å². The van der Waals surface area contributed by atoms with E-state index in [1.807, 2.05) is 6.08 Å². The van der Waals surface area contributed by atoms with Crippen molar-refractivity contribution in [3.8, 4) is 0 Å². The first-order chi connectivity index (χ1) is 9.94. The molecule has 4 rings (SSSR count). The Hall–Kier alpha value is -0.370. The molecule has 0 heterocycles. The van der Waals surface area contributed by atoms with Crippen molar-refractivity contribution in [1.29, 1.82) is 0 Å². The fourth-order valence-electron chi connectivity index (χ4n) is 6.04. The lowest BCUT2D eigenvalue weighted by Crippen LogP contribution is -2.52. The summed E-state index contributed by atoms with van der Waals surface area (Å²) in [5.41, 5.74) is 2.11. The van der Waals surface area contributed by atoms with Gasteiger partial charge in [-0.05, 0) is 72.3 Å². The Morgan fingerprint density at radius 1 is 1.24 bits per heavy atom. The van der Waals surface area contributed by atoms with Crippen molar-refractivity contribution in [2.24, 2.45) is 28.6 Å². The summed E-state index contributed by atoms with van der Waals surface area (Å²) in [7, 11) is 0. The zero-order valence-electron chi connectivity index (χ0n) is 13.1. The predicted octanol–water partition coefficient (Wildman–Crippen LogP) is 5.06. The van der Waals surface area contributed by atoms with Gasteiger partial charge in [-0.2, -0.15) is 0 Å². The normalized spacial score (nSPS) is 52.0. The molecule has 2 heteroatoms. The van der Waals surface area contributed by atoms with Crippen molar-refractivity contribution in [3.63, 3.8) is 0 Å². The minimum Gasteiger partial charge on any atom is -0.295 e. The highest BCUT2D eigenvalue weighted by Gasteiger charge is 2.56. The molecule has 114 valence electrons. The Balaban J connectivity index is 1.74. The molecule has 0 amide bonds. The Morgan fingerprint density at radius 3 is 2.86 bits per heavy atom. The Labute approximate surface area is 136 Å². The summed E-state index contributed by atoms with van der Waals surface area (Å²) in [4.78, 5) is 12.3. The number of halogens is 1. The van der Waals surface area contributed by atoms with E-state index in [9.17, 15) is 4.79 Å². The molecule has 4 aliphatic rings. The van der Waals surface area contributed by atoms with E-state index in [0.29, 0.717) is 16.0 Å². The van der Waals surface area contributed by atoms with Gasteiger partial charge in [-0.25, -0.2) is 0 Å². The number of hydrogen-bond donors (Lipinski definition) is 0. The first-order valence-electron chi connectivity index (χ1n) is 8.51. The highest BCUT2D eigenvalue weighted by atomic mass is 79.9. The minimum absolute atomic E-state index is 0.259. The van der Waals surface area contributed by atoms with E-state index < -0.39 is 0 Å². The number of fused-ring (bicyclic) bond motifs is 5. The maximum atomic E-state index is 11.9. The van der Waals surface area contributed by atoms with Crippen LogP contribution >= 0.6 is 15.9 Å². The number of carbonyl (C=O) groups excluding carboxylic acids is 1. The molecule has 0 aromatic heterocycles. The molecule has 0 spiro atoms. The summed E-state index contributed by atoms with van der Waals surface area (Å²) < 4.78 is 0. The van der Waals surface area contributed by atoms with Crippen molar-refractivity contribution >= 4 is 21.7 Å². The van der Waals surface area contributed by atoms with E-state index in [1.54, 1.807) is 0 Å². The third kappa shape index (κ3) is 1.90. The van der Waals surface area contributed by atoms with Crippen molar-refractivity contribution in [2.45, 2.75) is 57.2 Å². The number of rotatable bonds is 0. The second-order valence-corrected chi connectivity index (χ2v) is 9.35. The van der Waals surface area contributed by atoms with Gasteiger partial charge < -0.3 is 0 Å². The molecule has 21 heavy (non-hydrogen) atoms. The molecule has 0 N–H and O–H groups in total. The number of allylic oxidation sites excluding steroid dienone is 4. The van der Waals surface area contributed by atoms with E-state index in [1.165, 1.54) is 31.3 Å². The Bertz CT molecular complexity index is 548. The van der Waals surface area contributed by atoms with Crippen LogP contribution in [0.3, 0.4) is 0 Å². The fraction of sp³-hybridized carbons (Fsp3) is 0.737. The van der Waals surface area contributed by atoms with Gasteiger partial charge in [0.25, 0.3) is 0 Å². The third-order valence-electron chi connectivity index (χ3n) is 7.26. The molecule has 1 nitrogen and oxygen atoms in total. The molecule has 4 aliphatic carbocycles. The van der Waals surface area contributed by atoms with Crippen LogP contribution in [-0.2, 0) is 4.79 Å². The second kappa shape index (κ2) is 4.57. The van der Waals surface area contributed by atoms with Gasteiger partial charge in [-0.15, -0.1) is 0 Å². The summed E-state index contributed by atoms with van der Waals surface area (Å²) in [6.07, 6.45) is 13.9. The van der Waals surface area contributed by atoms with Gasteiger partial charge >= 0.3 is 0 Å². The van der Waals surface area contributed by atoms with E-state index in [-0.39, 0.29) is 5.41 Å². The average Bonchev–Trinajstić information content (AvgIpc) is 2.83. The topological polar surface area (TPSA) is 17.1 Å². The third-order valence-corrected chi connectivity index (χ3v) is 8.13. The number of alkyl halides is 1. The van der Waals surface area contributed by atoms with Gasteiger partial charge in [0.15, 0.2) is 5.78 Å². The maximum Gasteiger partial charge on any atom is 0.155 e. The lowest BCUT2D eigenvalue weighted by molar-refractivity contribution is -0.117. The number of hydrogen-bond acceptors (Lipinski definition) is 1. The van der Waals surface area contributed by atoms with Crippen LogP contribution in [0.25, 0.3) is 0 Å². The molecule has 0 radical (unpaired) electrons. The summed E-state index contributed by atoms with van der Waals surface area (Å²) in [5, 5.41) is 0. The van der Waals surface area contributed by atoms with Crippen molar-refractivity contribution in [3.05, 3.63) is 23.8 Å². The summed E-state index contributed by atoms with van der Waals surface area (Å²) in [5.74, 6) is 2.77. The van der Waals surface area contributed by atoms with Crippen LogP contribution in [0, 0.1) is 28.6 Å². The molecule has 0 aromatic carbocycles. The molecule has 2 saturated carbocycles. The van der Waals surface area contributed by atoms with E-state index in [0.717, 1.165) is 30.6 Å². The van der Waals surface area contributed by atoms with Crippen LogP contribution in [-0.4, -0.2) is 10.6 Å². The predicted molar refractivity (Wildman–Crippen MR) is 89.3 cm³/mol. The molecular weight excluding hydrogens is 324 g/mol. The molecule has 6 atom stereocenters. The van der Waals surface area contributed by atoms with Gasteiger partial charge in [-0.3, -0.25) is 4.79 Å². The lowest BCUT2D eigenvalue weighted by Gasteiger charge is -2.58. The SMILES string of the molecule is CC12C=CCC1C1CC(Br)C3=CC(=O)CCC3(C)C1CC2. The van der Waals surface area contributed by atoms with Gasteiger partial charge in [0, 0.05) is 11.2 Å². The fourth-order valence-corrected chi connectivity index (χ4v) is 7.13. The van der Waals surface area contributed by atoms with Gasteiger partial charge in [0.2, 0.25) is 0 Å². The van der Waals surface area contributed by atoms with E-state index in [2.05, 4.69) is 41.9 Å². The largest absolute Gasteiger partial charge is 0.295 e. The summed E-state index contributed by atoms with van der Waals surface area (Å²) in [6, 6.07) is 0. The molecular formula is C19H25BrO. The Morgan fingerprint density at radius 2 is 2.05 bits per heavy atom. The smallest absolute Gasteiger partial charge is 0.155 e. The van der Waals surface area contributed by atoms with Crippen molar-refractivity contribution < 1.29 is 4.79 Å². The molecule has 6 unspecified atom stereocenters. The Kier molecular flexibility index (Phi) is 3.10. The van der Waals surface area contributed by atoms with Gasteiger partial charge in [-0.1, -0.05) is 41.9 Å². The molecule has 0 aliphatic heterocycles. The van der Waals surface area contributed by atoms with Crippen LogP contribution in [0.2, 0.25) is 0 Å². The molecule has 0 saturated heterocycles. The van der Waals surface area contributed by atoms with Crippen LogP contribution in [0.4, 0.5) is 0 Å². The van der Waals surface area contributed by atoms with E-state index in [4.69, 9.17) is 0 Å². The van der Waals surface area contributed by atoms with Crippen LogP contribution < -0.4 is 0 Å². The van der Waals surface area contributed by atoms with Gasteiger partial charge in [0.05, 0.1) is 0 Å².